The van der Waals surface area contributed by atoms with Gasteiger partial charge >= 0.3 is 0 Å². The number of benzene rings is 1. The number of hydrogen-bond acceptors (Lipinski definition) is 7. The highest BCUT2D eigenvalue weighted by atomic mass is 32.1. The number of anilines is 1. The highest BCUT2D eigenvalue weighted by Crippen LogP contribution is 2.30. The van der Waals surface area contributed by atoms with Crippen LogP contribution >= 0.6 is 11.3 Å². The lowest BCUT2D eigenvalue weighted by Gasteiger charge is -2.12. The number of carbonyl (C=O) groups is 1. The minimum atomic E-state index is -0.297. The third kappa shape index (κ3) is 4.65. The molecule has 2 aromatic rings. The first-order valence-corrected chi connectivity index (χ1v) is 7.81. The van der Waals surface area contributed by atoms with Crippen molar-refractivity contribution >= 4 is 22.9 Å². The van der Waals surface area contributed by atoms with Crippen LogP contribution in [0.4, 0.5) is 5.69 Å². The van der Waals surface area contributed by atoms with Gasteiger partial charge in [0, 0.05) is 30.8 Å². The van der Waals surface area contributed by atoms with Crippen LogP contribution in [0.25, 0.3) is 0 Å². The predicted octanol–water partition coefficient (Wildman–Crippen LogP) is 1.89. The third-order valence-corrected chi connectivity index (χ3v) is 3.80. The van der Waals surface area contributed by atoms with Gasteiger partial charge in [-0.25, -0.2) is 4.98 Å². The number of amides is 1. The molecule has 8 heteroatoms. The smallest absolute Gasteiger partial charge is 0.275 e. The SMILES string of the molecule is COCCOc1cc(NC(=O)c2csc(CN)n2)ccc1OC. The lowest BCUT2D eigenvalue weighted by Crippen LogP contribution is -2.13. The zero-order chi connectivity index (χ0) is 16.7. The quantitative estimate of drug-likeness (QED) is 0.714. The van der Waals surface area contributed by atoms with Crippen LogP contribution in [-0.4, -0.2) is 38.3 Å². The molecule has 2 rings (SSSR count). The number of ether oxygens (including phenoxy) is 3. The summed E-state index contributed by atoms with van der Waals surface area (Å²) in [5.74, 6) is 0.815. The Balaban J connectivity index is 2.09. The Morgan fingerprint density at radius 3 is 2.78 bits per heavy atom. The molecule has 23 heavy (non-hydrogen) atoms. The Hall–Kier alpha value is -2.16. The molecule has 0 saturated heterocycles. The van der Waals surface area contributed by atoms with Crippen molar-refractivity contribution in [3.63, 3.8) is 0 Å². The van der Waals surface area contributed by atoms with E-state index in [4.69, 9.17) is 19.9 Å². The van der Waals surface area contributed by atoms with Crippen LogP contribution in [-0.2, 0) is 11.3 Å². The van der Waals surface area contributed by atoms with E-state index in [1.807, 2.05) is 0 Å². The van der Waals surface area contributed by atoms with Crippen molar-refractivity contribution in [3.05, 3.63) is 34.3 Å². The van der Waals surface area contributed by atoms with Crippen molar-refractivity contribution in [3.8, 4) is 11.5 Å². The van der Waals surface area contributed by atoms with Gasteiger partial charge < -0.3 is 25.3 Å². The van der Waals surface area contributed by atoms with Crippen molar-refractivity contribution in [2.45, 2.75) is 6.54 Å². The van der Waals surface area contributed by atoms with Crippen molar-refractivity contribution in [1.29, 1.82) is 0 Å². The third-order valence-electron chi connectivity index (χ3n) is 2.93. The minimum Gasteiger partial charge on any atom is -0.493 e. The van der Waals surface area contributed by atoms with E-state index >= 15 is 0 Å². The van der Waals surface area contributed by atoms with E-state index in [1.165, 1.54) is 11.3 Å². The number of thiazole rings is 1. The summed E-state index contributed by atoms with van der Waals surface area (Å²) in [4.78, 5) is 16.3. The first kappa shape index (κ1) is 17.2. The summed E-state index contributed by atoms with van der Waals surface area (Å²) in [5.41, 5.74) is 6.43. The standard InChI is InChI=1S/C15H19N3O4S/c1-20-5-6-22-13-7-10(3-4-12(13)21-2)17-15(19)11-9-23-14(8-16)18-11/h3-4,7,9H,5-6,8,16H2,1-2H3,(H,17,19). The normalized spacial score (nSPS) is 10.4. The fraction of sp³-hybridized carbons (Fsp3) is 0.333. The van der Waals surface area contributed by atoms with Gasteiger partial charge in [-0.15, -0.1) is 11.3 Å². The van der Waals surface area contributed by atoms with Gasteiger partial charge in [0.25, 0.3) is 5.91 Å². The van der Waals surface area contributed by atoms with Crippen molar-refractivity contribution in [2.24, 2.45) is 5.73 Å². The predicted molar refractivity (Wildman–Crippen MR) is 88.3 cm³/mol. The van der Waals surface area contributed by atoms with Crippen molar-refractivity contribution < 1.29 is 19.0 Å². The van der Waals surface area contributed by atoms with Gasteiger partial charge in [-0.2, -0.15) is 0 Å². The van der Waals surface area contributed by atoms with Crippen LogP contribution in [0.1, 0.15) is 15.5 Å². The Bertz CT molecular complexity index is 660. The van der Waals surface area contributed by atoms with E-state index in [0.29, 0.717) is 47.6 Å². The molecule has 0 atom stereocenters. The highest BCUT2D eigenvalue weighted by Gasteiger charge is 2.12. The van der Waals surface area contributed by atoms with Gasteiger partial charge in [0.2, 0.25) is 0 Å². The molecule has 0 aliphatic rings. The summed E-state index contributed by atoms with van der Waals surface area (Å²) in [6.07, 6.45) is 0. The Morgan fingerprint density at radius 1 is 1.30 bits per heavy atom. The second-order valence-corrected chi connectivity index (χ2v) is 5.43. The number of hydrogen-bond donors (Lipinski definition) is 2. The molecule has 0 saturated carbocycles. The molecular weight excluding hydrogens is 318 g/mol. The Kier molecular flexibility index (Phi) is 6.33. The minimum absolute atomic E-state index is 0.297. The molecule has 0 fully saturated rings. The zero-order valence-electron chi connectivity index (χ0n) is 13.0. The zero-order valence-corrected chi connectivity index (χ0v) is 13.8. The lowest BCUT2D eigenvalue weighted by molar-refractivity contribution is 0.102. The summed E-state index contributed by atoms with van der Waals surface area (Å²) >= 11 is 1.36. The second-order valence-electron chi connectivity index (χ2n) is 4.49. The molecule has 3 N–H and O–H groups in total. The maximum atomic E-state index is 12.2. The van der Waals surface area contributed by atoms with Crippen LogP contribution in [0.2, 0.25) is 0 Å². The van der Waals surface area contributed by atoms with E-state index < -0.39 is 0 Å². The Morgan fingerprint density at radius 2 is 2.13 bits per heavy atom. The second kappa shape index (κ2) is 8.47. The van der Waals surface area contributed by atoms with Gasteiger partial charge in [0.15, 0.2) is 11.5 Å². The summed E-state index contributed by atoms with van der Waals surface area (Å²) in [7, 11) is 3.15. The Labute approximate surface area is 138 Å². The van der Waals surface area contributed by atoms with E-state index in [1.54, 1.807) is 37.8 Å². The molecule has 0 aliphatic heterocycles. The molecule has 0 unspecified atom stereocenters. The van der Waals surface area contributed by atoms with E-state index in [-0.39, 0.29) is 5.91 Å². The summed E-state index contributed by atoms with van der Waals surface area (Å²) in [5, 5.41) is 5.17. The topological polar surface area (TPSA) is 95.7 Å². The molecular formula is C15H19N3O4S. The number of aromatic nitrogens is 1. The molecule has 1 aromatic heterocycles. The molecule has 1 heterocycles. The molecule has 0 aliphatic carbocycles. The van der Waals surface area contributed by atoms with Crippen molar-refractivity contribution in [1.82, 2.24) is 4.98 Å². The van der Waals surface area contributed by atoms with E-state index in [2.05, 4.69) is 10.3 Å². The first-order chi connectivity index (χ1) is 11.2. The maximum Gasteiger partial charge on any atom is 0.275 e. The van der Waals surface area contributed by atoms with Gasteiger partial charge in [-0.3, -0.25) is 4.79 Å². The number of carbonyl (C=O) groups excluding carboxylic acids is 1. The highest BCUT2D eigenvalue weighted by molar-refractivity contribution is 7.09. The van der Waals surface area contributed by atoms with Crippen LogP contribution in [0.15, 0.2) is 23.6 Å². The number of nitrogens with one attached hydrogen (secondary N) is 1. The summed E-state index contributed by atoms with van der Waals surface area (Å²) < 4.78 is 15.8. The van der Waals surface area contributed by atoms with E-state index in [0.717, 1.165) is 0 Å². The van der Waals surface area contributed by atoms with Crippen LogP contribution < -0.4 is 20.5 Å². The number of rotatable bonds is 8. The lowest BCUT2D eigenvalue weighted by atomic mass is 10.2. The average molecular weight is 337 g/mol. The van der Waals surface area contributed by atoms with Gasteiger partial charge in [-0.05, 0) is 12.1 Å². The first-order valence-electron chi connectivity index (χ1n) is 6.93. The number of nitrogens with two attached hydrogens (primary N) is 1. The van der Waals surface area contributed by atoms with Gasteiger partial charge in [0.1, 0.15) is 17.3 Å². The largest absolute Gasteiger partial charge is 0.493 e. The summed E-state index contributed by atoms with van der Waals surface area (Å²) in [6.45, 7) is 1.16. The number of methoxy groups -OCH3 is 2. The van der Waals surface area contributed by atoms with E-state index in [9.17, 15) is 4.79 Å². The summed E-state index contributed by atoms with van der Waals surface area (Å²) in [6, 6.07) is 5.16. The molecule has 0 spiro atoms. The number of nitrogens with zero attached hydrogens (tertiary/aromatic N) is 1. The molecule has 1 aromatic carbocycles. The molecule has 0 bridgehead atoms. The van der Waals surface area contributed by atoms with Gasteiger partial charge in [-0.1, -0.05) is 0 Å². The average Bonchev–Trinajstić information content (AvgIpc) is 3.04. The monoisotopic (exact) mass is 337 g/mol. The molecule has 0 radical (unpaired) electrons. The van der Waals surface area contributed by atoms with Crippen LogP contribution in [0.3, 0.4) is 0 Å². The molecule has 1 amide bonds. The van der Waals surface area contributed by atoms with Crippen LogP contribution in [0, 0.1) is 0 Å². The van der Waals surface area contributed by atoms with Crippen LogP contribution in [0.5, 0.6) is 11.5 Å². The molecule has 124 valence electrons. The maximum absolute atomic E-state index is 12.2. The molecule has 7 nitrogen and oxygen atoms in total. The van der Waals surface area contributed by atoms with Crippen molar-refractivity contribution in [2.75, 3.05) is 32.8 Å². The fourth-order valence-corrected chi connectivity index (χ4v) is 2.46. The fourth-order valence-electron chi connectivity index (χ4n) is 1.81. The van der Waals surface area contributed by atoms with Gasteiger partial charge in [0.05, 0.1) is 13.7 Å².